The minimum Gasteiger partial charge on any atom is -0.375 e. The van der Waals surface area contributed by atoms with E-state index in [0.717, 1.165) is 11.6 Å². The fourth-order valence-electron chi connectivity index (χ4n) is 3.66. The van der Waals surface area contributed by atoms with Crippen molar-refractivity contribution in [3.8, 4) is 0 Å². The molecule has 4 rings (SSSR count). The van der Waals surface area contributed by atoms with Crippen molar-refractivity contribution >= 4 is 0 Å². The van der Waals surface area contributed by atoms with Crippen LogP contribution in [0.5, 0.6) is 0 Å². The molecular formula is C20H20F3NO3. The number of pyridine rings is 1. The number of benzene rings is 1. The van der Waals surface area contributed by atoms with E-state index in [1.165, 1.54) is 6.07 Å². The number of rotatable bonds is 3. The van der Waals surface area contributed by atoms with E-state index in [1.54, 1.807) is 6.07 Å². The predicted octanol–water partition coefficient (Wildman–Crippen LogP) is 4.16. The van der Waals surface area contributed by atoms with E-state index in [2.05, 4.69) is 4.98 Å². The maximum atomic E-state index is 12.9. The summed E-state index contributed by atoms with van der Waals surface area (Å²) in [5.41, 5.74) is 0.404. The number of hydrogen-bond acceptors (Lipinski definition) is 4. The third-order valence-electron chi connectivity index (χ3n) is 5.03. The van der Waals surface area contributed by atoms with Gasteiger partial charge in [-0.3, -0.25) is 0 Å². The van der Waals surface area contributed by atoms with Gasteiger partial charge in [-0.25, -0.2) is 4.98 Å². The molecule has 4 nitrogen and oxygen atoms in total. The molecule has 1 aromatic heterocycles. The molecule has 7 heteroatoms. The Morgan fingerprint density at radius 3 is 2.48 bits per heavy atom. The van der Waals surface area contributed by atoms with Crippen molar-refractivity contribution in [1.29, 1.82) is 0 Å². The predicted molar refractivity (Wildman–Crippen MR) is 90.8 cm³/mol. The van der Waals surface area contributed by atoms with Crippen LogP contribution in [0.15, 0.2) is 48.5 Å². The van der Waals surface area contributed by atoms with Crippen LogP contribution in [0.25, 0.3) is 0 Å². The van der Waals surface area contributed by atoms with Gasteiger partial charge in [0.1, 0.15) is 11.8 Å². The van der Waals surface area contributed by atoms with Crippen molar-refractivity contribution in [2.75, 3.05) is 6.61 Å². The standard InChI is InChI=1S/C20H20F3NO3/c1-12-17-18(27-19(26-17)13-6-3-2-4-7-13)14(11-25-12)10-15-8-5-9-16(24-15)20(21,22)23/h2-9,12,14,17-19H,10-11H2,1H3. The quantitative estimate of drug-likeness (QED) is 0.803. The molecule has 0 aliphatic carbocycles. The highest BCUT2D eigenvalue weighted by atomic mass is 19.4. The summed E-state index contributed by atoms with van der Waals surface area (Å²) in [5.74, 6) is -0.129. The van der Waals surface area contributed by atoms with Crippen LogP contribution < -0.4 is 0 Å². The van der Waals surface area contributed by atoms with E-state index in [9.17, 15) is 13.2 Å². The largest absolute Gasteiger partial charge is 0.433 e. The van der Waals surface area contributed by atoms with Crippen molar-refractivity contribution in [2.24, 2.45) is 5.92 Å². The smallest absolute Gasteiger partial charge is 0.375 e. The van der Waals surface area contributed by atoms with Gasteiger partial charge < -0.3 is 14.2 Å². The van der Waals surface area contributed by atoms with E-state index in [4.69, 9.17) is 14.2 Å². The van der Waals surface area contributed by atoms with Crippen molar-refractivity contribution in [3.05, 3.63) is 65.5 Å². The molecule has 0 radical (unpaired) electrons. The Bertz CT molecular complexity index is 784. The van der Waals surface area contributed by atoms with Crippen molar-refractivity contribution in [2.45, 2.75) is 44.1 Å². The van der Waals surface area contributed by atoms with E-state index >= 15 is 0 Å². The van der Waals surface area contributed by atoms with Gasteiger partial charge in [-0.1, -0.05) is 36.4 Å². The summed E-state index contributed by atoms with van der Waals surface area (Å²) < 4.78 is 56.8. The van der Waals surface area contributed by atoms with Crippen molar-refractivity contribution < 1.29 is 27.4 Å². The topological polar surface area (TPSA) is 40.6 Å². The molecule has 0 bridgehead atoms. The molecule has 2 aliphatic rings. The average Bonchev–Trinajstić information content (AvgIpc) is 3.11. The van der Waals surface area contributed by atoms with Crippen LogP contribution in [0.1, 0.15) is 30.2 Å². The number of aromatic nitrogens is 1. The number of halogens is 3. The van der Waals surface area contributed by atoms with Gasteiger partial charge in [0.15, 0.2) is 6.29 Å². The zero-order chi connectivity index (χ0) is 19.0. The van der Waals surface area contributed by atoms with E-state index < -0.39 is 18.2 Å². The van der Waals surface area contributed by atoms with Gasteiger partial charge >= 0.3 is 6.18 Å². The van der Waals surface area contributed by atoms with Gasteiger partial charge in [0, 0.05) is 17.2 Å². The summed E-state index contributed by atoms with van der Waals surface area (Å²) in [6.07, 6.45) is -5.28. The summed E-state index contributed by atoms with van der Waals surface area (Å²) in [6, 6.07) is 13.6. The van der Waals surface area contributed by atoms with Crippen LogP contribution in [0.2, 0.25) is 0 Å². The second-order valence-corrected chi connectivity index (χ2v) is 6.96. The first-order chi connectivity index (χ1) is 12.9. The van der Waals surface area contributed by atoms with Gasteiger partial charge in [0.2, 0.25) is 0 Å². The zero-order valence-electron chi connectivity index (χ0n) is 14.7. The van der Waals surface area contributed by atoms with Crippen LogP contribution in [0, 0.1) is 5.92 Å². The second-order valence-electron chi connectivity index (χ2n) is 6.96. The lowest BCUT2D eigenvalue weighted by Gasteiger charge is -2.35. The van der Waals surface area contributed by atoms with Gasteiger partial charge in [-0.2, -0.15) is 13.2 Å². The van der Waals surface area contributed by atoms with Crippen LogP contribution in [0.4, 0.5) is 13.2 Å². The van der Waals surface area contributed by atoms with E-state index in [1.807, 2.05) is 37.3 Å². The number of alkyl halides is 3. The second kappa shape index (κ2) is 7.22. The molecule has 2 aliphatic heterocycles. The molecule has 0 N–H and O–H groups in total. The first kappa shape index (κ1) is 18.4. The highest BCUT2D eigenvalue weighted by molar-refractivity contribution is 5.18. The Kier molecular flexibility index (Phi) is 4.92. The SMILES string of the molecule is CC1OCC(Cc2cccc(C(F)(F)F)n2)C2OC(c3ccccc3)OC12. The summed E-state index contributed by atoms with van der Waals surface area (Å²) in [7, 11) is 0. The average molecular weight is 379 g/mol. The number of ether oxygens (including phenoxy) is 3. The Labute approximate surface area is 155 Å². The lowest BCUT2D eigenvalue weighted by molar-refractivity contribution is -0.141. The van der Waals surface area contributed by atoms with Gasteiger partial charge in [0.05, 0.1) is 18.8 Å². The monoisotopic (exact) mass is 379 g/mol. The molecule has 2 saturated heterocycles. The molecule has 2 fully saturated rings. The van der Waals surface area contributed by atoms with Crippen LogP contribution >= 0.6 is 0 Å². The van der Waals surface area contributed by atoms with Crippen LogP contribution in [0.3, 0.4) is 0 Å². The maximum Gasteiger partial charge on any atom is 0.433 e. The molecule has 1 aromatic carbocycles. The number of nitrogens with zero attached hydrogens (tertiary/aromatic N) is 1. The van der Waals surface area contributed by atoms with Crippen LogP contribution in [-0.4, -0.2) is 29.9 Å². The van der Waals surface area contributed by atoms with Crippen molar-refractivity contribution in [3.63, 3.8) is 0 Å². The first-order valence-electron chi connectivity index (χ1n) is 8.92. The molecule has 27 heavy (non-hydrogen) atoms. The third kappa shape index (κ3) is 3.85. The maximum absolute atomic E-state index is 12.9. The molecule has 5 unspecified atom stereocenters. The molecule has 144 valence electrons. The Morgan fingerprint density at radius 2 is 1.74 bits per heavy atom. The van der Waals surface area contributed by atoms with E-state index in [-0.39, 0.29) is 24.2 Å². The third-order valence-corrected chi connectivity index (χ3v) is 5.03. The lowest BCUT2D eigenvalue weighted by atomic mass is 9.89. The molecule has 0 spiro atoms. The normalized spacial score (nSPS) is 30.9. The summed E-state index contributed by atoms with van der Waals surface area (Å²) in [4.78, 5) is 3.77. The van der Waals surface area contributed by atoms with Crippen LogP contribution in [-0.2, 0) is 26.8 Å². The first-order valence-corrected chi connectivity index (χ1v) is 8.92. The van der Waals surface area contributed by atoms with Crippen molar-refractivity contribution in [1.82, 2.24) is 4.98 Å². The fourth-order valence-corrected chi connectivity index (χ4v) is 3.66. The molecule has 0 saturated carbocycles. The minimum absolute atomic E-state index is 0.129. The highest BCUT2D eigenvalue weighted by Crippen LogP contribution is 2.40. The van der Waals surface area contributed by atoms with Gasteiger partial charge in [-0.15, -0.1) is 0 Å². The van der Waals surface area contributed by atoms with E-state index in [0.29, 0.717) is 18.7 Å². The molecular weight excluding hydrogens is 359 g/mol. The lowest BCUT2D eigenvalue weighted by Crippen LogP contribution is -2.47. The van der Waals surface area contributed by atoms with Gasteiger partial charge in [-0.05, 0) is 25.5 Å². The highest BCUT2D eigenvalue weighted by Gasteiger charge is 2.47. The molecule has 3 heterocycles. The Hall–Kier alpha value is -1.96. The minimum atomic E-state index is -4.46. The number of hydrogen-bond donors (Lipinski definition) is 0. The zero-order valence-corrected chi connectivity index (χ0v) is 14.7. The number of fused-ring (bicyclic) bond motifs is 1. The molecule has 2 aromatic rings. The fraction of sp³-hybridized carbons (Fsp3) is 0.450. The Morgan fingerprint density at radius 1 is 1.00 bits per heavy atom. The summed E-state index contributed by atoms with van der Waals surface area (Å²) in [5, 5.41) is 0. The van der Waals surface area contributed by atoms with Gasteiger partial charge in [0.25, 0.3) is 0 Å². The Balaban J connectivity index is 1.52. The summed E-state index contributed by atoms with van der Waals surface area (Å²) in [6.45, 7) is 2.32. The molecule has 5 atom stereocenters. The summed E-state index contributed by atoms with van der Waals surface area (Å²) >= 11 is 0. The molecule has 0 amide bonds.